The van der Waals surface area contributed by atoms with Gasteiger partial charge in [-0.1, -0.05) is 32.1 Å². The number of ether oxygens (including phenoxy) is 1. The van der Waals surface area contributed by atoms with Crippen molar-refractivity contribution in [2.45, 2.75) is 33.1 Å². The Balaban J connectivity index is 2.22. The van der Waals surface area contributed by atoms with Crippen LogP contribution in [0.25, 0.3) is 5.57 Å². The van der Waals surface area contributed by atoms with Crippen LogP contribution >= 0.6 is 0 Å². The smallest absolute Gasteiger partial charge is 0.119 e. The molecule has 0 aliphatic heterocycles. The molecule has 1 aromatic carbocycles. The van der Waals surface area contributed by atoms with Gasteiger partial charge in [-0.3, -0.25) is 0 Å². The summed E-state index contributed by atoms with van der Waals surface area (Å²) in [5.41, 5.74) is 3.26. The molecule has 0 saturated heterocycles. The molecule has 0 N–H and O–H groups in total. The van der Waals surface area contributed by atoms with Crippen LogP contribution in [0.3, 0.4) is 0 Å². The van der Waals surface area contributed by atoms with Gasteiger partial charge >= 0.3 is 0 Å². The average molecular weight is 216 g/mol. The van der Waals surface area contributed by atoms with Gasteiger partial charge < -0.3 is 4.74 Å². The topological polar surface area (TPSA) is 9.23 Å². The third kappa shape index (κ3) is 2.46. The molecule has 0 amide bonds. The Morgan fingerprint density at radius 3 is 2.69 bits per heavy atom. The Bertz CT molecular complexity index is 402. The van der Waals surface area contributed by atoms with E-state index >= 15 is 0 Å². The lowest BCUT2D eigenvalue weighted by atomic mass is 9.77. The van der Waals surface area contributed by atoms with Crippen LogP contribution in [0.15, 0.2) is 30.3 Å². The van der Waals surface area contributed by atoms with Gasteiger partial charge in [-0.2, -0.15) is 0 Å². The Hall–Kier alpha value is -1.24. The molecule has 0 aromatic heterocycles. The van der Waals surface area contributed by atoms with Crippen LogP contribution in [0.4, 0.5) is 0 Å². The van der Waals surface area contributed by atoms with Gasteiger partial charge in [-0.15, -0.1) is 0 Å². The summed E-state index contributed by atoms with van der Waals surface area (Å²) < 4.78 is 5.26. The Labute approximate surface area is 98.1 Å². The van der Waals surface area contributed by atoms with Gasteiger partial charge in [0.2, 0.25) is 0 Å². The van der Waals surface area contributed by atoms with E-state index in [1.807, 2.05) is 6.07 Å². The zero-order chi connectivity index (χ0) is 11.6. The quantitative estimate of drug-likeness (QED) is 0.716. The van der Waals surface area contributed by atoms with E-state index in [4.69, 9.17) is 4.74 Å². The third-order valence-electron chi connectivity index (χ3n) is 3.41. The first kappa shape index (κ1) is 11.3. The number of hydrogen-bond donors (Lipinski definition) is 0. The molecule has 1 aliphatic carbocycles. The van der Waals surface area contributed by atoms with Crippen LogP contribution in [0, 0.1) is 5.41 Å². The second kappa shape index (κ2) is 4.32. The summed E-state index contributed by atoms with van der Waals surface area (Å²) in [6, 6.07) is 8.36. The number of methoxy groups -OCH3 is 1. The number of rotatable bonds is 2. The van der Waals surface area contributed by atoms with Crippen molar-refractivity contribution in [3.63, 3.8) is 0 Å². The third-order valence-corrected chi connectivity index (χ3v) is 3.41. The lowest BCUT2D eigenvalue weighted by molar-refractivity contribution is 0.335. The standard InChI is InChI=1S/C15H20O/c1-15(2)9-7-12(8-10-15)13-5-4-6-14(11-13)16-3/h4-7,11H,8-10H2,1-3H3. The van der Waals surface area contributed by atoms with E-state index in [-0.39, 0.29) is 0 Å². The molecule has 0 unspecified atom stereocenters. The molecule has 1 aliphatic rings. The van der Waals surface area contributed by atoms with E-state index in [1.165, 1.54) is 30.4 Å². The van der Waals surface area contributed by atoms with Gasteiger partial charge in [0.05, 0.1) is 7.11 Å². The highest BCUT2D eigenvalue weighted by molar-refractivity contribution is 5.67. The summed E-state index contributed by atoms with van der Waals surface area (Å²) >= 11 is 0. The van der Waals surface area contributed by atoms with Crippen LogP contribution in [0.1, 0.15) is 38.7 Å². The summed E-state index contributed by atoms with van der Waals surface area (Å²) in [4.78, 5) is 0. The monoisotopic (exact) mass is 216 g/mol. The molecule has 16 heavy (non-hydrogen) atoms. The van der Waals surface area contributed by atoms with E-state index in [0.29, 0.717) is 5.41 Å². The van der Waals surface area contributed by atoms with E-state index in [1.54, 1.807) is 7.11 Å². The fourth-order valence-electron chi connectivity index (χ4n) is 2.16. The molecule has 86 valence electrons. The molecule has 0 saturated carbocycles. The van der Waals surface area contributed by atoms with Crippen molar-refractivity contribution in [3.8, 4) is 5.75 Å². The normalized spacial score (nSPS) is 19.1. The zero-order valence-electron chi connectivity index (χ0n) is 10.4. The lowest BCUT2D eigenvalue weighted by Crippen LogP contribution is -2.14. The summed E-state index contributed by atoms with van der Waals surface area (Å²) in [5.74, 6) is 0.947. The maximum Gasteiger partial charge on any atom is 0.119 e. The fourth-order valence-corrected chi connectivity index (χ4v) is 2.16. The van der Waals surface area contributed by atoms with E-state index in [9.17, 15) is 0 Å². The first-order valence-electron chi connectivity index (χ1n) is 5.94. The van der Waals surface area contributed by atoms with Crippen LogP contribution in [0.2, 0.25) is 0 Å². The minimum atomic E-state index is 0.475. The van der Waals surface area contributed by atoms with E-state index in [0.717, 1.165) is 5.75 Å². The van der Waals surface area contributed by atoms with Crippen LogP contribution in [-0.2, 0) is 0 Å². The molecule has 0 atom stereocenters. The van der Waals surface area contributed by atoms with Gasteiger partial charge in [0, 0.05) is 0 Å². The van der Waals surface area contributed by atoms with Crippen LogP contribution in [0.5, 0.6) is 5.75 Å². The molecule has 0 radical (unpaired) electrons. The minimum absolute atomic E-state index is 0.475. The maximum atomic E-state index is 5.26. The molecule has 1 nitrogen and oxygen atoms in total. The SMILES string of the molecule is COc1cccc(C2=CCC(C)(C)CC2)c1. The van der Waals surface area contributed by atoms with Gasteiger partial charge in [-0.25, -0.2) is 0 Å². The largest absolute Gasteiger partial charge is 0.497 e. The highest BCUT2D eigenvalue weighted by atomic mass is 16.5. The van der Waals surface area contributed by atoms with E-state index < -0.39 is 0 Å². The number of benzene rings is 1. The fraction of sp³-hybridized carbons (Fsp3) is 0.467. The van der Waals surface area contributed by atoms with E-state index in [2.05, 4.69) is 38.1 Å². The Kier molecular flexibility index (Phi) is 3.04. The van der Waals surface area contributed by atoms with Crippen molar-refractivity contribution in [2.24, 2.45) is 5.41 Å². The summed E-state index contributed by atoms with van der Waals surface area (Å²) in [5, 5.41) is 0. The van der Waals surface area contributed by atoms with Crippen molar-refractivity contribution in [2.75, 3.05) is 7.11 Å². The summed E-state index contributed by atoms with van der Waals surface area (Å²) in [6.45, 7) is 4.68. The molecular formula is C15H20O. The predicted molar refractivity (Wildman–Crippen MR) is 68.6 cm³/mol. The van der Waals surface area contributed by atoms with Gasteiger partial charge in [0.15, 0.2) is 0 Å². The van der Waals surface area contributed by atoms with Crippen LogP contribution < -0.4 is 4.74 Å². The average Bonchev–Trinajstić information content (AvgIpc) is 2.29. The van der Waals surface area contributed by atoms with Gasteiger partial charge in [0.1, 0.15) is 5.75 Å². The highest BCUT2D eigenvalue weighted by Crippen LogP contribution is 2.38. The number of allylic oxidation sites excluding steroid dienone is 2. The van der Waals surface area contributed by atoms with Crippen molar-refractivity contribution < 1.29 is 4.74 Å². The van der Waals surface area contributed by atoms with Crippen molar-refractivity contribution in [1.82, 2.24) is 0 Å². The maximum absolute atomic E-state index is 5.26. The molecule has 1 aromatic rings. The molecular weight excluding hydrogens is 196 g/mol. The number of hydrogen-bond acceptors (Lipinski definition) is 1. The molecule has 1 heteroatoms. The zero-order valence-corrected chi connectivity index (χ0v) is 10.4. The van der Waals surface area contributed by atoms with Crippen molar-refractivity contribution in [1.29, 1.82) is 0 Å². The Morgan fingerprint density at radius 1 is 1.25 bits per heavy atom. The molecule has 0 bridgehead atoms. The molecule has 0 heterocycles. The summed E-state index contributed by atoms with van der Waals surface area (Å²) in [7, 11) is 1.72. The predicted octanol–water partition coefficient (Wildman–Crippen LogP) is 4.29. The van der Waals surface area contributed by atoms with Crippen molar-refractivity contribution >= 4 is 5.57 Å². The minimum Gasteiger partial charge on any atom is -0.497 e. The first-order valence-corrected chi connectivity index (χ1v) is 5.94. The van der Waals surface area contributed by atoms with Crippen molar-refractivity contribution in [3.05, 3.63) is 35.9 Å². The lowest BCUT2D eigenvalue weighted by Gasteiger charge is -2.28. The van der Waals surface area contributed by atoms with Gasteiger partial charge in [-0.05, 0) is 47.9 Å². The Morgan fingerprint density at radius 2 is 2.06 bits per heavy atom. The summed E-state index contributed by atoms with van der Waals surface area (Å²) in [6.07, 6.45) is 6.02. The molecule has 0 spiro atoms. The second-order valence-electron chi connectivity index (χ2n) is 5.33. The molecule has 2 rings (SSSR count). The second-order valence-corrected chi connectivity index (χ2v) is 5.33. The highest BCUT2D eigenvalue weighted by Gasteiger charge is 2.21. The molecule has 0 fully saturated rings. The first-order chi connectivity index (χ1) is 7.61. The van der Waals surface area contributed by atoms with Gasteiger partial charge in [0.25, 0.3) is 0 Å². The van der Waals surface area contributed by atoms with Crippen LogP contribution in [-0.4, -0.2) is 7.11 Å².